The van der Waals surface area contributed by atoms with Crippen LogP contribution in [0, 0.1) is 0 Å². The van der Waals surface area contributed by atoms with Crippen LogP contribution in [-0.2, 0) is 28.1 Å². The Kier molecular flexibility index (Phi) is 12.3. The predicted octanol–water partition coefficient (Wildman–Crippen LogP) is 17.3. The molecule has 0 saturated carbocycles. The van der Waals surface area contributed by atoms with Crippen molar-refractivity contribution in [2.75, 3.05) is 0 Å². The fraction of sp³-hybridized carbons (Fsp3) is 0.229. The zero-order valence-corrected chi connectivity index (χ0v) is 44.8. The molecule has 1 unspecified atom stereocenters. The highest BCUT2D eigenvalue weighted by atomic mass is 15.0. The van der Waals surface area contributed by atoms with E-state index in [4.69, 9.17) is 29.9 Å². The van der Waals surface area contributed by atoms with Crippen molar-refractivity contribution in [3.8, 4) is 90.6 Å². The van der Waals surface area contributed by atoms with E-state index in [1.165, 1.54) is 39.8 Å². The van der Waals surface area contributed by atoms with E-state index >= 15 is 0 Å². The van der Waals surface area contributed by atoms with Crippen LogP contribution in [0.1, 0.15) is 102 Å². The van der Waals surface area contributed by atoms with E-state index in [1.807, 2.05) is 42.5 Å². The summed E-state index contributed by atoms with van der Waals surface area (Å²) < 4.78 is 0. The smallest absolute Gasteiger partial charge is 0.164 e. The van der Waals surface area contributed by atoms with Crippen LogP contribution in [0.25, 0.3) is 90.6 Å². The van der Waals surface area contributed by atoms with Crippen molar-refractivity contribution >= 4 is 0 Å². The van der Waals surface area contributed by atoms with E-state index in [2.05, 4.69) is 206 Å². The number of nitrogens with zero attached hydrogens (tertiary/aromatic N) is 6. The van der Waals surface area contributed by atoms with Crippen LogP contribution in [0.2, 0.25) is 0 Å². The molecular weight excluding hydrogens is 925 g/mol. The molecule has 2 aliphatic rings. The highest BCUT2D eigenvalue weighted by Crippen LogP contribution is 2.49. The Morgan fingerprint density at radius 2 is 0.579 bits per heavy atom. The van der Waals surface area contributed by atoms with Crippen molar-refractivity contribution in [1.82, 2.24) is 29.9 Å². The van der Waals surface area contributed by atoms with E-state index in [-0.39, 0.29) is 21.7 Å². The quantitative estimate of drug-likeness (QED) is 0.136. The van der Waals surface area contributed by atoms with Crippen LogP contribution in [0.3, 0.4) is 0 Å². The topological polar surface area (TPSA) is 77.3 Å². The summed E-state index contributed by atoms with van der Waals surface area (Å²) in [6, 6.07) is 71.1. The van der Waals surface area contributed by atoms with E-state index in [0.29, 0.717) is 34.9 Å². The maximum Gasteiger partial charge on any atom is 0.164 e. The van der Waals surface area contributed by atoms with Gasteiger partial charge in [-0.25, -0.2) is 29.9 Å². The third-order valence-electron chi connectivity index (χ3n) is 16.7. The zero-order valence-electron chi connectivity index (χ0n) is 44.8. The monoisotopic (exact) mass is 989 g/mol. The summed E-state index contributed by atoms with van der Waals surface area (Å²) in [5.41, 5.74) is 17.5. The second-order valence-corrected chi connectivity index (χ2v) is 23.5. The van der Waals surface area contributed by atoms with Gasteiger partial charge < -0.3 is 0 Å². The summed E-state index contributed by atoms with van der Waals surface area (Å²) in [5.74, 6) is 4.03. The SMILES string of the molecule is CC1(C)CCC(C)(C)c2cc(-c3nc(-c4ccccc4)nc(-c4ccc(-c5ccc(CC6(C)CCC(C)(C)c7cc(-c8nc(-c9ccccc9)nc(-c9cccc(-c%10ccccc%10)c9)n8)ccc76)cc5)cc4)n3)ccc21. The average Bonchev–Trinajstić information content (AvgIpc) is 3.57. The number of hydrogen-bond acceptors (Lipinski definition) is 6. The maximum absolute atomic E-state index is 5.21. The lowest BCUT2D eigenvalue weighted by Gasteiger charge is -2.44. The molecule has 0 spiro atoms. The summed E-state index contributed by atoms with van der Waals surface area (Å²) in [5, 5.41) is 0. The van der Waals surface area contributed by atoms with Gasteiger partial charge in [-0.05, 0) is 122 Å². The van der Waals surface area contributed by atoms with Gasteiger partial charge in [-0.2, -0.15) is 0 Å². The molecule has 0 amide bonds. The molecule has 0 aliphatic heterocycles. The predicted molar refractivity (Wildman–Crippen MR) is 312 cm³/mol. The van der Waals surface area contributed by atoms with Crippen LogP contribution in [0.4, 0.5) is 0 Å². The highest BCUT2D eigenvalue weighted by Gasteiger charge is 2.41. The molecular formula is C70H64N6. The fourth-order valence-corrected chi connectivity index (χ4v) is 11.8. The molecule has 2 aliphatic carbocycles. The van der Waals surface area contributed by atoms with Crippen LogP contribution in [-0.4, -0.2) is 29.9 Å². The van der Waals surface area contributed by atoms with Gasteiger partial charge in [0.1, 0.15) is 0 Å². The average molecular weight is 989 g/mol. The van der Waals surface area contributed by atoms with E-state index < -0.39 is 0 Å². The first-order chi connectivity index (χ1) is 36.7. The lowest BCUT2D eigenvalue weighted by molar-refractivity contribution is 0.310. The third kappa shape index (κ3) is 9.46. The molecule has 0 N–H and O–H groups in total. The normalized spacial score (nSPS) is 17.1. The molecule has 0 radical (unpaired) electrons. The molecule has 374 valence electrons. The Morgan fingerprint density at radius 3 is 1.08 bits per heavy atom. The third-order valence-corrected chi connectivity index (χ3v) is 16.7. The first-order valence-corrected chi connectivity index (χ1v) is 27.0. The molecule has 12 rings (SSSR count). The van der Waals surface area contributed by atoms with Crippen molar-refractivity contribution in [2.45, 2.75) is 102 Å². The van der Waals surface area contributed by atoms with Crippen molar-refractivity contribution in [3.05, 3.63) is 228 Å². The fourth-order valence-electron chi connectivity index (χ4n) is 11.8. The second-order valence-electron chi connectivity index (χ2n) is 23.5. The van der Waals surface area contributed by atoms with E-state index in [0.717, 1.165) is 75.8 Å². The summed E-state index contributed by atoms with van der Waals surface area (Å²) >= 11 is 0. The lowest BCUT2D eigenvalue weighted by Crippen LogP contribution is -2.37. The van der Waals surface area contributed by atoms with Gasteiger partial charge in [-0.3, -0.25) is 0 Å². The summed E-state index contributed by atoms with van der Waals surface area (Å²) in [6.07, 6.45) is 5.42. The Labute approximate surface area is 448 Å². The van der Waals surface area contributed by atoms with Crippen LogP contribution < -0.4 is 0 Å². The largest absolute Gasteiger partial charge is 0.208 e. The molecule has 0 saturated heterocycles. The zero-order chi connectivity index (χ0) is 52.2. The molecule has 2 heterocycles. The first kappa shape index (κ1) is 48.7. The molecule has 0 bridgehead atoms. The van der Waals surface area contributed by atoms with Gasteiger partial charge in [-0.15, -0.1) is 0 Å². The number of rotatable bonds is 10. The Morgan fingerprint density at radius 1 is 0.263 bits per heavy atom. The number of benzene rings is 8. The number of hydrogen-bond donors (Lipinski definition) is 0. The Hall–Kier alpha value is -8.22. The molecule has 6 heteroatoms. The van der Waals surface area contributed by atoms with Crippen molar-refractivity contribution in [3.63, 3.8) is 0 Å². The van der Waals surface area contributed by atoms with Crippen molar-refractivity contribution in [2.24, 2.45) is 0 Å². The number of fused-ring (bicyclic) bond motifs is 2. The summed E-state index contributed by atoms with van der Waals surface area (Å²) in [4.78, 5) is 30.8. The minimum absolute atomic E-state index is 0.0231. The summed E-state index contributed by atoms with van der Waals surface area (Å²) in [6.45, 7) is 16.7. The Balaban J connectivity index is 0.820. The standard InChI is InChI=1S/C70H64N6/c1-67(2)38-39-68(3,4)59-43-55(34-36-57(59)67)65-73-61(50-20-13-9-14-21-50)71-63(75-65)52-32-30-49(31-33-52)48-28-26-46(27-29-48)45-70(7)41-40-69(5,6)60-44-56(35-37-58(60)70)66-74-62(51-22-15-10-16-23-51)72-64(76-66)54-25-17-24-53(42-54)47-18-11-8-12-19-47/h8-37,42-44H,38-41,45H2,1-7H3. The molecule has 76 heavy (non-hydrogen) atoms. The van der Waals surface area contributed by atoms with Crippen LogP contribution in [0.15, 0.2) is 200 Å². The van der Waals surface area contributed by atoms with Gasteiger partial charge >= 0.3 is 0 Å². The van der Waals surface area contributed by atoms with Gasteiger partial charge in [0.15, 0.2) is 34.9 Å². The molecule has 10 aromatic rings. The van der Waals surface area contributed by atoms with Gasteiger partial charge in [0.2, 0.25) is 0 Å². The molecule has 2 aromatic heterocycles. The molecule has 6 nitrogen and oxygen atoms in total. The van der Waals surface area contributed by atoms with Gasteiger partial charge in [-0.1, -0.05) is 230 Å². The van der Waals surface area contributed by atoms with Crippen LogP contribution >= 0.6 is 0 Å². The minimum atomic E-state index is -0.0578. The lowest BCUT2D eigenvalue weighted by atomic mass is 9.60. The van der Waals surface area contributed by atoms with Gasteiger partial charge in [0, 0.05) is 33.4 Å². The van der Waals surface area contributed by atoms with Crippen molar-refractivity contribution in [1.29, 1.82) is 0 Å². The van der Waals surface area contributed by atoms with Crippen LogP contribution in [0.5, 0.6) is 0 Å². The highest BCUT2D eigenvalue weighted by molar-refractivity contribution is 5.74. The van der Waals surface area contributed by atoms with Gasteiger partial charge in [0.05, 0.1) is 0 Å². The van der Waals surface area contributed by atoms with E-state index in [1.54, 1.807) is 0 Å². The minimum Gasteiger partial charge on any atom is -0.208 e. The molecule has 8 aromatic carbocycles. The van der Waals surface area contributed by atoms with Crippen molar-refractivity contribution < 1.29 is 0 Å². The van der Waals surface area contributed by atoms with Gasteiger partial charge in [0.25, 0.3) is 0 Å². The first-order valence-electron chi connectivity index (χ1n) is 27.0. The Bertz CT molecular complexity index is 3750. The van der Waals surface area contributed by atoms with E-state index in [9.17, 15) is 0 Å². The number of aromatic nitrogens is 6. The second kappa shape index (κ2) is 19.2. The maximum atomic E-state index is 5.21. The molecule has 1 atom stereocenters. The molecule has 0 fully saturated rings. The summed E-state index contributed by atoms with van der Waals surface area (Å²) in [7, 11) is 0.